The molecule has 1 aromatic carbocycles. The van der Waals surface area contributed by atoms with Crippen LogP contribution < -0.4 is 21.4 Å². The molecule has 4 heteroatoms. The lowest BCUT2D eigenvalue weighted by Crippen LogP contribution is -3.00. The number of nitrogens with one attached hydrogen (secondary N) is 1. The summed E-state index contributed by atoms with van der Waals surface area (Å²) < 4.78 is 2.19. The normalized spacial score (nSPS) is 10.3. The Bertz CT molecular complexity index is 598. The molecule has 0 spiro atoms. The number of nitrogens with zero attached hydrogens (tertiary/aromatic N) is 1. The SMILES string of the molecule is Cc1csc2[nH]c(-c3ccccc3)c[n+]12.[Br-]. The number of aromatic amines is 1. The van der Waals surface area contributed by atoms with Crippen LogP contribution >= 0.6 is 11.3 Å². The van der Waals surface area contributed by atoms with Crippen molar-refractivity contribution in [2.24, 2.45) is 0 Å². The highest BCUT2D eigenvalue weighted by Gasteiger charge is 2.13. The average molecular weight is 295 g/mol. The largest absolute Gasteiger partial charge is 1.00 e. The summed E-state index contributed by atoms with van der Waals surface area (Å²) in [5.41, 5.74) is 3.67. The maximum Gasteiger partial charge on any atom is 0.344 e. The molecule has 3 aromatic rings. The lowest BCUT2D eigenvalue weighted by atomic mass is 10.2. The van der Waals surface area contributed by atoms with Gasteiger partial charge in [-0.3, -0.25) is 0 Å². The van der Waals surface area contributed by atoms with Gasteiger partial charge in [0.2, 0.25) is 0 Å². The summed E-state index contributed by atoms with van der Waals surface area (Å²) in [5, 5.41) is 2.15. The second-order valence-corrected chi connectivity index (χ2v) is 4.44. The minimum Gasteiger partial charge on any atom is -1.00 e. The summed E-state index contributed by atoms with van der Waals surface area (Å²) in [7, 11) is 0. The van der Waals surface area contributed by atoms with E-state index in [-0.39, 0.29) is 17.0 Å². The second-order valence-electron chi connectivity index (χ2n) is 3.59. The van der Waals surface area contributed by atoms with Gasteiger partial charge >= 0.3 is 4.96 Å². The standard InChI is InChI=1S/C12H10N2S.BrH/c1-9-8-15-12-13-11(7-14(9)12)10-5-3-2-4-6-10;/h2-8H,1H3;1H. The molecule has 2 nitrogen and oxygen atoms in total. The number of fused-ring (bicyclic) bond motifs is 1. The molecule has 0 unspecified atom stereocenters. The van der Waals surface area contributed by atoms with E-state index >= 15 is 0 Å². The zero-order valence-electron chi connectivity index (χ0n) is 8.77. The molecule has 3 rings (SSSR count). The molecule has 0 saturated heterocycles. The number of rotatable bonds is 1. The fourth-order valence-corrected chi connectivity index (χ4v) is 2.58. The molecule has 82 valence electrons. The highest BCUT2D eigenvalue weighted by Crippen LogP contribution is 2.18. The van der Waals surface area contributed by atoms with Gasteiger partial charge < -0.3 is 17.0 Å². The Morgan fingerprint density at radius 1 is 1.19 bits per heavy atom. The van der Waals surface area contributed by atoms with Gasteiger partial charge in [-0.05, 0) is 6.92 Å². The van der Waals surface area contributed by atoms with Crippen LogP contribution in [0.3, 0.4) is 0 Å². The van der Waals surface area contributed by atoms with Gasteiger partial charge in [0.15, 0.2) is 5.69 Å². The molecule has 1 N–H and O–H groups in total. The molecular weight excluding hydrogens is 284 g/mol. The summed E-state index contributed by atoms with van der Waals surface area (Å²) in [6.45, 7) is 2.12. The van der Waals surface area contributed by atoms with E-state index in [0.717, 1.165) is 0 Å². The van der Waals surface area contributed by atoms with Crippen LogP contribution in [0.2, 0.25) is 0 Å². The number of aryl methyl sites for hydroxylation is 1. The third-order valence-corrected chi connectivity index (χ3v) is 3.51. The first-order valence-electron chi connectivity index (χ1n) is 4.88. The van der Waals surface area contributed by atoms with Crippen LogP contribution in [0.5, 0.6) is 0 Å². The summed E-state index contributed by atoms with van der Waals surface area (Å²) in [6.07, 6.45) is 2.15. The number of hydrogen-bond acceptors (Lipinski definition) is 1. The van der Waals surface area contributed by atoms with E-state index in [0.29, 0.717) is 0 Å². The van der Waals surface area contributed by atoms with Crippen molar-refractivity contribution in [3.63, 3.8) is 0 Å². The van der Waals surface area contributed by atoms with Crippen molar-refractivity contribution in [2.75, 3.05) is 0 Å². The quantitative estimate of drug-likeness (QED) is 0.600. The number of halogens is 1. The topological polar surface area (TPSA) is 19.9 Å². The Kier molecular flexibility index (Phi) is 3.12. The predicted molar refractivity (Wildman–Crippen MR) is 62.0 cm³/mol. The van der Waals surface area contributed by atoms with Crippen molar-refractivity contribution in [2.45, 2.75) is 6.92 Å². The highest BCUT2D eigenvalue weighted by molar-refractivity contribution is 7.14. The van der Waals surface area contributed by atoms with Gasteiger partial charge in [-0.2, -0.15) is 4.40 Å². The van der Waals surface area contributed by atoms with Crippen molar-refractivity contribution in [1.82, 2.24) is 4.98 Å². The molecule has 0 fully saturated rings. The number of aromatic nitrogens is 2. The molecule has 2 heterocycles. The van der Waals surface area contributed by atoms with E-state index in [2.05, 4.69) is 52.2 Å². The first kappa shape index (κ1) is 11.4. The molecule has 0 aliphatic heterocycles. The van der Waals surface area contributed by atoms with Crippen LogP contribution in [0.15, 0.2) is 41.9 Å². The fraction of sp³-hybridized carbons (Fsp3) is 0.0833. The van der Waals surface area contributed by atoms with Gasteiger partial charge in [0, 0.05) is 10.9 Å². The summed E-state index contributed by atoms with van der Waals surface area (Å²) >= 11 is 1.74. The van der Waals surface area contributed by atoms with Crippen LogP contribution in [0.25, 0.3) is 16.2 Å². The van der Waals surface area contributed by atoms with E-state index < -0.39 is 0 Å². The van der Waals surface area contributed by atoms with Gasteiger partial charge in [-0.25, -0.2) is 4.98 Å². The number of thiazole rings is 1. The number of benzene rings is 1. The molecule has 0 aliphatic rings. The molecule has 0 saturated carbocycles. The van der Waals surface area contributed by atoms with E-state index in [9.17, 15) is 0 Å². The Morgan fingerprint density at radius 3 is 2.62 bits per heavy atom. The lowest BCUT2D eigenvalue weighted by Gasteiger charge is -1.89. The van der Waals surface area contributed by atoms with Crippen molar-refractivity contribution >= 4 is 16.3 Å². The number of hydrogen-bond donors (Lipinski definition) is 1. The smallest absolute Gasteiger partial charge is 0.344 e. The maximum absolute atomic E-state index is 3.41. The van der Waals surface area contributed by atoms with E-state index in [1.54, 1.807) is 11.3 Å². The van der Waals surface area contributed by atoms with E-state index in [1.807, 2.05) is 6.07 Å². The van der Waals surface area contributed by atoms with Gasteiger partial charge in [0.05, 0.1) is 0 Å². The van der Waals surface area contributed by atoms with Gasteiger partial charge in [-0.15, -0.1) is 0 Å². The summed E-state index contributed by atoms with van der Waals surface area (Å²) in [6, 6.07) is 10.4. The van der Waals surface area contributed by atoms with Crippen LogP contribution in [0, 0.1) is 6.92 Å². The minimum atomic E-state index is 0. The fourth-order valence-electron chi connectivity index (χ4n) is 1.71. The van der Waals surface area contributed by atoms with Gasteiger partial charge in [0.1, 0.15) is 11.9 Å². The minimum absolute atomic E-state index is 0. The molecule has 0 bridgehead atoms. The Labute approximate surface area is 108 Å². The van der Waals surface area contributed by atoms with Crippen LogP contribution in [-0.2, 0) is 0 Å². The zero-order chi connectivity index (χ0) is 10.3. The molecular formula is C12H11BrN2S. The van der Waals surface area contributed by atoms with Crippen LogP contribution in [0.1, 0.15) is 5.69 Å². The first-order chi connectivity index (χ1) is 7.34. The Hall–Kier alpha value is -1.13. The zero-order valence-corrected chi connectivity index (χ0v) is 11.2. The van der Waals surface area contributed by atoms with E-state index in [4.69, 9.17) is 0 Å². The van der Waals surface area contributed by atoms with Crippen LogP contribution in [0.4, 0.5) is 0 Å². The Morgan fingerprint density at radius 2 is 1.94 bits per heavy atom. The van der Waals surface area contributed by atoms with Crippen molar-refractivity contribution in [1.29, 1.82) is 0 Å². The third-order valence-electron chi connectivity index (χ3n) is 2.52. The highest BCUT2D eigenvalue weighted by atomic mass is 79.9. The first-order valence-corrected chi connectivity index (χ1v) is 5.76. The Balaban J connectivity index is 0.000000963. The molecule has 0 aliphatic carbocycles. The maximum atomic E-state index is 3.41. The lowest BCUT2D eigenvalue weighted by molar-refractivity contribution is -0.512. The molecule has 0 radical (unpaired) electrons. The van der Waals surface area contributed by atoms with Gasteiger partial charge in [0.25, 0.3) is 0 Å². The molecule has 16 heavy (non-hydrogen) atoms. The number of imidazole rings is 1. The monoisotopic (exact) mass is 294 g/mol. The summed E-state index contributed by atoms with van der Waals surface area (Å²) in [5.74, 6) is 0. The average Bonchev–Trinajstić information content (AvgIpc) is 2.83. The summed E-state index contributed by atoms with van der Waals surface area (Å²) in [4.78, 5) is 4.60. The van der Waals surface area contributed by atoms with Crippen molar-refractivity contribution in [3.05, 3.63) is 47.6 Å². The third kappa shape index (κ3) is 1.79. The second kappa shape index (κ2) is 4.39. The van der Waals surface area contributed by atoms with Gasteiger partial charge in [-0.1, -0.05) is 41.7 Å². The van der Waals surface area contributed by atoms with Crippen molar-refractivity contribution in [3.8, 4) is 11.3 Å². The van der Waals surface area contributed by atoms with Crippen molar-refractivity contribution < 1.29 is 21.4 Å². The number of H-pyrrole nitrogens is 1. The molecule has 2 aromatic heterocycles. The van der Waals surface area contributed by atoms with E-state index in [1.165, 1.54) is 21.9 Å². The molecule has 0 amide bonds. The predicted octanol–water partition coefficient (Wildman–Crippen LogP) is -0.206. The molecule has 0 atom stereocenters. The van der Waals surface area contributed by atoms with Crippen LogP contribution in [-0.4, -0.2) is 4.98 Å².